The highest BCUT2D eigenvalue weighted by Gasteiger charge is 2.48. The molecule has 0 spiro atoms. The van der Waals surface area contributed by atoms with Crippen molar-refractivity contribution in [2.75, 3.05) is 0 Å². The standard InChI is InChI=1S/C21H25N3O4/c1-11(12-4-2-3-5-12)18-15-10-13(19(22)26)6-7-14(15)21(28)24(18)16-8-9-17(25)23-20(16)27/h6-7,10-12,16,18H,2-5,8-9H2,1H3,(H2,22,26)(H,23,25,27)/t11-,16?,18?/m0/s1. The molecule has 2 unspecified atom stereocenters. The van der Waals surface area contributed by atoms with Crippen molar-refractivity contribution in [3.8, 4) is 0 Å². The molecule has 0 aromatic heterocycles. The van der Waals surface area contributed by atoms with Crippen LogP contribution in [0.1, 0.15) is 77.8 Å². The van der Waals surface area contributed by atoms with Gasteiger partial charge in [-0.1, -0.05) is 32.6 Å². The number of carbonyl (C=O) groups excluding carboxylic acids is 4. The van der Waals surface area contributed by atoms with Crippen molar-refractivity contribution >= 4 is 23.6 Å². The minimum Gasteiger partial charge on any atom is -0.366 e. The van der Waals surface area contributed by atoms with Crippen LogP contribution < -0.4 is 11.1 Å². The Bertz CT molecular complexity index is 859. The lowest BCUT2D eigenvalue weighted by molar-refractivity contribution is -0.137. The molecule has 2 fully saturated rings. The number of hydrogen-bond donors (Lipinski definition) is 2. The number of imide groups is 1. The van der Waals surface area contributed by atoms with Crippen LogP contribution >= 0.6 is 0 Å². The van der Waals surface area contributed by atoms with Crippen LogP contribution in [0.4, 0.5) is 0 Å². The SMILES string of the molecule is C[C@@H](C1CCCC1)C1c2cc(C(N)=O)ccc2C(=O)N1C1CCC(=O)NC1=O. The van der Waals surface area contributed by atoms with Crippen LogP contribution in [0.3, 0.4) is 0 Å². The molecule has 28 heavy (non-hydrogen) atoms. The van der Waals surface area contributed by atoms with E-state index in [1.54, 1.807) is 23.1 Å². The molecule has 3 aliphatic rings. The maximum absolute atomic E-state index is 13.3. The van der Waals surface area contributed by atoms with Crippen molar-refractivity contribution in [2.45, 2.75) is 57.5 Å². The summed E-state index contributed by atoms with van der Waals surface area (Å²) < 4.78 is 0. The third kappa shape index (κ3) is 2.99. The van der Waals surface area contributed by atoms with E-state index in [1.807, 2.05) is 0 Å². The van der Waals surface area contributed by atoms with Gasteiger partial charge in [-0.2, -0.15) is 0 Å². The van der Waals surface area contributed by atoms with Gasteiger partial charge in [-0.15, -0.1) is 0 Å². The van der Waals surface area contributed by atoms with Crippen LogP contribution in [0.5, 0.6) is 0 Å². The normalized spacial score (nSPS) is 26.3. The topological polar surface area (TPSA) is 110 Å². The molecule has 1 aromatic rings. The van der Waals surface area contributed by atoms with Crippen LogP contribution in [0.2, 0.25) is 0 Å². The fourth-order valence-electron chi connectivity index (χ4n) is 5.13. The first-order valence-corrected chi connectivity index (χ1v) is 9.98. The Hall–Kier alpha value is -2.70. The van der Waals surface area contributed by atoms with Gasteiger partial charge in [0.25, 0.3) is 5.91 Å². The minimum absolute atomic E-state index is 0.140. The van der Waals surface area contributed by atoms with Gasteiger partial charge in [-0.05, 0) is 42.0 Å². The average Bonchev–Trinajstić information content (AvgIpc) is 3.28. The van der Waals surface area contributed by atoms with E-state index in [1.165, 1.54) is 12.8 Å². The highest BCUT2D eigenvalue weighted by Crippen LogP contribution is 2.47. The smallest absolute Gasteiger partial charge is 0.255 e. The molecule has 1 saturated carbocycles. The lowest BCUT2D eigenvalue weighted by Crippen LogP contribution is -2.54. The average molecular weight is 383 g/mol. The Balaban J connectivity index is 1.77. The highest BCUT2D eigenvalue weighted by molar-refractivity contribution is 6.06. The summed E-state index contributed by atoms with van der Waals surface area (Å²) in [6.07, 6.45) is 5.07. The van der Waals surface area contributed by atoms with Crippen LogP contribution in [-0.4, -0.2) is 34.6 Å². The van der Waals surface area contributed by atoms with Crippen LogP contribution in [0.15, 0.2) is 18.2 Å². The molecule has 7 nitrogen and oxygen atoms in total. The summed E-state index contributed by atoms with van der Waals surface area (Å²) in [4.78, 5) is 50.8. The third-order valence-corrected chi connectivity index (χ3v) is 6.61. The van der Waals surface area contributed by atoms with E-state index in [0.717, 1.165) is 18.4 Å². The van der Waals surface area contributed by atoms with Gasteiger partial charge in [0.2, 0.25) is 17.7 Å². The Morgan fingerprint density at radius 1 is 1.18 bits per heavy atom. The van der Waals surface area contributed by atoms with Gasteiger partial charge in [-0.3, -0.25) is 24.5 Å². The van der Waals surface area contributed by atoms with E-state index in [4.69, 9.17) is 5.73 Å². The summed E-state index contributed by atoms with van der Waals surface area (Å²) in [5.74, 6) is -0.881. The molecule has 4 amide bonds. The number of amides is 4. The number of fused-ring (bicyclic) bond motifs is 1. The zero-order chi connectivity index (χ0) is 20.0. The number of benzene rings is 1. The summed E-state index contributed by atoms with van der Waals surface area (Å²) >= 11 is 0. The van der Waals surface area contributed by atoms with E-state index in [-0.39, 0.29) is 30.2 Å². The Labute approximate surface area is 163 Å². The fraction of sp³-hybridized carbons (Fsp3) is 0.524. The maximum atomic E-state index is 13.3. The van der Waals surface area contributed by atoms with E-state index in [2.05, 4.69) is 12.2 Å². The van der Waals surface area contributed by atoms with Crippen molar-refractivity contribution < 1.29 is 19.2 Å². The van der Waals surface area contributed by atoms with E-state index < -0.39 is 17.9 Å². The predicted molar refractivity (Wildman–Crippen MR) is 101 cm³/mol. The van der Waals surface area contributed by atoms with Gasteiger partial charge in [0.1, 0.15) is 6.04 Å². The van der Waals surface area contributed by atoms with Crippen molar-refractivity contribution in [1.82, 2.24) is 10.2 Å². The van der Waals surface area contributed by atoms with Crippen molar-refractivity contribution in [2.24, 2.45) is 17.6 Å². The molecule has 3 atom stereocenters. The van der Waals surface area contributed by atoms with Gasteiger partial charge >= 0.3 is 0 Å². The molecule has 0 radical (unpaired) electrons. The number of hydrogen-bond acceptors (Lipinski definition) is 4. The first-order chi connectivity index (χ1) is 13.4. The van der Waals surface area contributed by atoms with Gasteiger partial charge in [-0.25, -0.2) is 0 Å². The predicted octanol–water partition coefficient (Wildman–Crippen LogP) is 1.91. The number of nitrogens with two attached hydrogens (primary N) is 1. The largest absolute Gasteiger partial charge is 0.366 e. The second-order valence-corrected chi connectivity index (χ2v) is 8.19. The first-order valence-electron chi connectivity index (χ1n) is 9.98. The van der Waals surface area contributed by atoms with E-state index >= 15 is 0 Å². The lowest BCUT2D eigenvalue weighted by atomic mass is 9.82. The lowest BCUT2D eigenvalue weighted by Gasteiger charge is -2.39. The fourth-order valence-corrected chi connectivity index (χ4v) is 5.13. The number of carbonyl (C=O) groups is 4. The summed E-state index contributed by atoms with van der Waals surface area (Å²) in [7, 11) is 0. The zero-order valence-electron chi connectivity index (χ0n) is 15.9. The highest BCUT2D eigenvalue weighted by atomic mass is 16.2. The molecule has 148 valence electrons. The van der Waals surface area contributed by atoms with Crippen molar-refractivity contribution in [1.29, 1.82) is 0 Å². The minimum atomic E-state index is -0.677. The molecule has 2 aliphatic heterocycles. The number of nitrogens with one attached hydrogen (secondary N) is 1. The molecular weight excluding hydrogens is 358 g/mol. The molecule has 0 bridgehead atoms. The quantitative estimate of drug-likeness (QED) is 0.774. The van der Waals surface area contributed by atoms with Crippen molar-refractivity contribution in [3.63, 3.8) is 0 Å². The van der Waals surface area contributed by atoms with Crippen LogP contribution in [-0.2, 0) is 9.59 Å². The number of rotatable bonds is 4. The Kier molecular flexibility index (Phi) is 4.69. The molecule has 3 N–H and O–H groups in total. The molecule has 1 saturated heterocycles. The van der Waals surface area contributed by atoms with Gasteiger partial charge in [0.05, 0.1) is 6.04 Å². The number of piperidine rings is 1. The number of nitrogens with zero attached hydrogens (tertiary/aromatic N) is 1. The summed E-state index contributed by atoms with van der Waals surface area (Å²) in [5, 5.41) is 2.37. The third-order valence-electron chi connectivity index (χ3n) is 6.61. The van der Waals surface area contributed by atoms with Crippen LogP contribution in [0, 0.1) is 11.8 Å². The van der Waals surface area contributed by atoms with Gasteiger partial charge in [0, 0.05) is 17.5 Å². The number of primary amides is 1. The summed E-state index contributed by atoms with van der Waals surface area (Å²) in [6.45, 7) is 2.12. The second-order valence-electron chi connectivity index (χ2n) is 8.19. The zero-order valence-corrected chi connectivity index (χ0v) is 15.9. The monoisotopic (exact) mass is 383 g/mol. The first kappa shape index (κ1) is 18.7. The molecule has 2 heterocycles. The van der Waals surface area contributed by atoms with Gasteiger partial charge in [0.15, 0.2) is 0 Å². The molecule has 1 aromatic carbocycles. The van der Waals surface area contributed by atoms with Gasteiger partial charge < -0.3 is 10.6 Å². The van der Waals surface area contributed by atoms with Crippen molar-refractivity contribution in [3.05, 3.63) is 34.9 Å². The maximum Gasteiger partial charge on any atom is 0.255 e. The Morgan fingerprint density at radius 2 is 1.89 bits per heavy atom. The van der Waals surface area contributed by atoms with E-state index in [9.17, 15) is 19.2 Å². The van der Waals surface area contributed by atoms with Crippen LogP contribution in [0.25, 0.3) is 0 Å². The molecule has 1 aliphatic carbocycles. The summed E-state index contributed by atoms with van der Waals surface area (Å²) in [6, 6.07) is 3.93. The Morgan fingerprint density at radius 3 is 2.54 bits per heavy atom. The molecular formula is C21H25N3O4. The van der Waals surface area contributed by atoms with E-state index in [0.29, 0.717) is 23.5 Å². The molecule has 7 heteroatoms. The second kappa shape index (κ2) is 7.04. The summed E-state index contributed by atoms with van der Waals surface area (Å²) in [5.41, 5.74) is 7.11. The molecule has 4 rings (SSSR count).